The van der Waals surface area contributed by atoms with Gasteiger partial charge in [-0.05, 0) is 55.2 Å². The second kappa shape index (κ2) is 12.2. The lowest BCUT2D eigenvalue weighted by Crippen LogP contribution is -2.13. The van der Waals surface area contributed by atoms with Crippen molar-refractivity contribution in [2.24, 2.45) is 0 Å². The van der Waals surface area contributed by atoms with Crippen LogP contribution < -0.4 is 16.4 Å². The average Bonchev–Trinajstić information content (AvgIpc) is 2.72. The fourth-order valence-electron chi connectivity index (χ4n) is 3.27. The predicted octanol–water partition coefficient (Wildman–Crippen LogP) is 6.63. The van der Waals surface area contributed by atoms with E-state index in [0.29, 0.717) is 30.8 Å². The van der Waals surface area contributed by atoms with Crippen molar-refractivity contribution in [3.63, 3.8) is 0 Å². The number of aryl methyl sites for hydroxylation is 1. The summed E-state index contributed by atoms with van der Waals surface area (Å²) in [6.45, 7) is 2.82. The molecule has 0 fully saturated rings. The van der Waals surface area contributed by atoms with E-state index in [-0.39, 0.29) is 5.91 Å². The summed E-state index contributed by atoms with van der Waals surface area (Å²) in [6, 6.07) is 10.7. The number of nitrogens with one attached hydrogen (secondary N) is 2. The normalized spacial score (nSPS) is 11.4. The van der Waals surface area contributed by atoms with E-state index in [1.807, 2.05) is 6.07 Å². The molecule has 2 rings (SSSR count). The van der Waals surface area contributed by atoms with Crippen LogP contribution in [0.15, 0.2) is 42.5 Å². The molecule has 2 aromatic carbocycles. The Balaban J connectivity index is 1.72. The Morgan fingerprint density at radius 2 is 1.68 bits per heavy atom. The van der Waals surface area contributed by atoms with E-state index in [2.05, 4.69) is 17.6 Å². The van der Waals surface area contributed by atoms with E-state index in [0.717, 1.165) is 49.1 Å². The highest BCUT2D eigenvalue weighted by atomic mass is 19.4. The molecule has 4 nitrogen and oxygen atoms in total. The van der Waals surface area contributed by atoms with Crippen LogP contribution in [0.4, 0.5) is 30.2 Å². The van der Waals surface area contributed by atoms with Crippen LogP contribution in [0.2, 0.25) is 0 Å². The maximum Gasteiger partial charge on any atom is 0.416 e. The second-order valence-electron chi connectivity index (χ2n) is 7.74. The van der Waals surface area contributed by atoms with Gasteiger partial charge in [-0.3, -0.25) is 4.79 Å². The lowest BCUT2D eigenvalue weighted by molar-refractivity contribution is -0.137. The molecule has 0 atom stereocenters. The van der Waals surface area contributed by atoms with E-state index < -0.39 is 11.7 Å². The number of anilines is 3. The topological polar surface area (TPSA) is 67.2 Å². The van der Waals surface area contributed by atoms with E-state index in [9.17, 15) is 18.0 Å². The molecule has 0 unspecified atom stereocenters. The molecule has 7 heteroatoms. The van der Waals surface area contributed by atoms with Gasteiger partial charge in [-0.25, -0.2) is 0 Å². The molecule has 170 valence electrons. The van der Waals surface area contributed by atoms with Crippen LogP contribution in [-0.2, 0) is 17.4 Å². The molecule has 0 aliphatic carbocycles. The number of benzene rings is 2. The highest BCUT2D eigenvalue weighted by Crippen LogP contribution is 2.29. The van der Waals surface area contributed by atoms with Gasteiger partial charge in [0.15, 0.2) is 0 Å². The summed E-state index contributed by atoms with van der Waals surface area (Å²) in [7, 11) is 0. The number of alkyl halides is 3. The van der Waals surface area contributed by atoms with Crippen LogP contribution >= 0.6 is 0 Å². The molecule has 4 N–H and O–H groups in total. The third-order valence-electron chi connectivity index (χ3n) is 5.09. The first-order valence-electron chi connectivity index (χ1n) is 10.9. The van der Waals surface area contributed by atoms with Crippen molar-refractivity contribution in [2.75, 3.05) is 22.9 Å². The molecular formula is C24H32F3N3O. The summed E-state index contributed by atoms with van der Waals surface area (Å²) >= 11 is 0. The van der Waals surface area contributed by atoms with Crippen molar-refractivity contribution in [2.45, 2.75) is 64.5 Å². The molecular weight excluding hydrogens is 403 g/mol. The zero-order valence-corrected chi connectivity index (χ0v) is 18.0. The zero-order chi connectivity index (χ0) is 22.7. The van der Waals surface area contributed by atoms with Crippen molar-refractivity contribution in [1.82, 2.24) is 0 Å². The second-order valence-corrected chi connectivity index (χ2v) is 7.74. The fraction of sp³-hybridized carbons (Fsp3) is 0.458. The fourth-order valence-corrected chi connectivity index (χ4v) is 3.27. The summed E-state index contributed by atoms with van der Waals surface area (Å²) in [6.07, 6.45) is 3.11. The number of hydrogen-bond acceptors (Lipinski definition) is 3. The number of carbonyl (C=O) groups is 1. The van der Waals surface area contributed by atoms with Crippen LogP contribution in [0.25, 0.3) is 0 Å². The molecule has 0 bridgehead atoms. The first-order valence-corrected chi connectivity index (χ1v) is 10.9. The Morgan fingerprint density at radius 1 is 0.968 bits per heavy atom. The summed E-state index contributed by atoms with van der Waals surface area (Å²) in [5, 5.41) is 6.11. The summed E-state index contributed by atoms with van der Waals surface area (Å²) in [4.78, 5) is 12.1. The van der Waals surface area contributed by atoms with Crippen molar-refractivity contribution in [3.8, 4) is 0 Å². The largest absolute Gasteiger partial charge is 0.416 e. The molecule has 0 saturated heterocycles. The van der Waals surface area contributed by atoms with Crippen LogP contribution in [0.5, 0.6) is 0 Å². The van der Waals surface area contributed by atoms with Gasteiger partial charge in [-0.1, -0.05) is 44.7 Å². The molecule has 0 aliphatic heterocycles. The van der Waals surface area contributed by atoms with Crippen molar-refractivity contribution in [3.05, 3.63) is 53.6 Å². The van der Waals surface area contributed by atoms with Gasteiger partial charge < -0.3 is 16.4 Å². The Bertz CT molecular complexity index is 820. The number of hydrogen-bond donors (Lipinski definition) is 3. The molecule has 0 aliphatic rings. The van der Waals surface area contributed by atoms with Crippen LogP contribution in [0.1, 0.15) is 63.0 Å². The van der Waals surface area contributed by atoms with Gasteiger partial charge in [-0.15, -0.1) is 0 Å². The molecule has 0 aromatic heterocycles. The molecule has 2 aromatic rings. The predicted molar refractivity (Wildman–Crippen MR) is 121 cm³/mol. The number of nitrogen functional groups attached to an aromatic ring is 1. The Morgan fingerprint density at radius 3 is 2.32 bits per heavy atom. The third kappa shape index (κ3) is 8.90. The number of rotatable bonds is 12. The Hall–Kier alpha value is -2.70. The number of amides is 1. The van der Waals surface area contributed by atoms with E-state index in [4.69, 9.17) is 5.73 Å². The van der Waals surface area contributed by atoms with Crippen LogP contribution in [0.3, 0.4) is 0 Å². The maximum absolute atomic E-state index is 12.6. The minimum atomic E-state index is -4.31. The summed E-state index contributed by atoms with van der Waals surface area (Å²) in [5.74, 6) is -0.0274. The van der Waals surface area contributed by atoms with Gasteiger partial charge in [0.25, 0.3) is 0 Å². The number of carbonyl (C=O) groups excluding carboxylic acids is 1. The summed E-state index contributed by atoms with van der Waals surface area (Å²) < 4.78 is 37.8. The maximum atomic E-state index is 12.6. The molecule has 31 heavy (non-hydrogen) atoms. The lowest BCUT2D eigenvalue weighted by atomic mass is 10.1. The molecule has 0 spiro atoms. The first-order chi connectivity index (χ1) is 14.8. The van der Waals surface area contributed by atoms with Gasteiger partial charge in [0, 0.05) is 18.7 Å². The Labute approximate surface area is 182 Å². The van der Waals surface area contributed by atoms with Gasteiger partial charge in [-0.2, -0.15) is 13.2 Å². The van der Waals surface area contributed by atoms with Gasteiger partial charge >= 0.3 is 6.18 Å². The number of nitrogens with two attached hydrogens (primary N) is 1. The van der Waals surface area contributed by atoms with Gasteiger partial charge in [0.1, 0.15) is 0 Å². The monoisotopic (exact) mass is 435 g/mol. The highest BCUT2D eigenvalue weighted by Gasteiger charge is 2.29. The lowest BCUT2D eigenvalue weighted by Gasteiger charge is -2.12. The number of unbranched alkanes of at least 4 members (excludes halogenated alkanes) is 4. The van der Waals surface area contributed by atoms with Gasteiger partial charge in [0.2, 0.25) is 5.91 Å². The third-order valence-corrected chi connectivity index (χ3v) is 5.09. The number of halogens is 3. The SMILES string of the molecule is CCCCCCCC(=O)Nc1ccc(NCCCc2ccc(C(F)(F)F)cc2)cc1N. The van der Waals surface area contributed by atoms with Crippen LogP contribution in [-0.4, -0.2) is 12.5 Å². The van der Waals surface area contributed by atoms with Crippen LogP contribution in [0, 0.1) is 0 Å². The molecule has 0 heterocycles. The van der Waals surface area contributed by atoms with Gasteiger partial charge in [0.05, 0.1) is 16.9 Å². The average molecular weight is 436 g/mol. The smallest absolute Gasteiger partial charge is 0.397 e. The Kier molecular flexibility index (Phi) is 9.69. The summed E-state index contributed by atoms with van der Waals surface area (Å²) in [5.41, 5.74) is 8.23. The standard InChI is InChI=1S/C24H32F3N3O/c1-2-3-4-5-6-9-23(31)30-22-15-14-20(17-21(22)28)29-16-7-8-18-10-12-19(13-11-18)24(25,26)27/h10-15,17,29H,2-9,16,28H2,1H3,(H,30,31). The molecule has 1 amide bonds. The quantitative estimate of drug-likeness (QED) is 0.259. The van der Waals surface area contributed by atoms with E-state index in [1.165, 1.54) is 25.0 Å². The van der Waals surface area contributed by atoms with Crippen molar-refractivity contribution < 1.29 is 18.0 Å². The zero-order valence-electron chi connectivity index (χ0n) is 18.0. The molecule has 0 saturated carbocycles. The van der Waals surface area contributed by atoms with Crippen molar-refractivity contribution in [1.29, 1.82) is 0 Å². The van der Waals surface area contributed by atoms with E-state index in [1.54, 1.807) is 12.1 Å². The molecule has 0 radical (unpaired) electrons. The van der Waals surface area contributed by atoms with Crippen molar-refractivity contribution >= 4 is 23.0 Å². The van der Waals surface area contributed by atoms with E-state index >= 15 is 0 Å². The first kappa shape index (κ1) is 24.6. The highest BCUT2D eigenvalue weighted by molar-refractivity contribution is 5.94. The minimum Gasteiger partial charge on any atom is -0.397 e. The minimum absolute atomic E-state index is 0.0274.